The Kier molecular flexibility index (Phi) is 5.69. The van der Waals surface area contributed by atoms with Gasteiger partial charge >= 0.3 is 0 Å². The summed E-state index contributed by atoms with van der Waals surface area (Å²) in [6.07, 6.45) is 8.05. The zero-order valence-corrected chi connectivity index (χ0v) is 14.5. The van der Waals surface area contributed by atoms with E-state index in [1.807, 2.05) is 29.3 Å². The van der Waals surface area contributed by atoms with Gasteiger partial charge in [0, 0.05) is 30.9 Å². The third kappa shape index (κ3) is 4.38. The molecule has 2 aromatic rings. The van der Waals surface area contributed by atoms with Crippen molar-refractivity contribution in [1.29, 1.82) is 0 Å². The Bertz CT molecular complexity index is 731. The quantitative estimate of drug-likeness (QED) is 0.687. The number of carbonyl (C=O) groups excluding carboxylic acids is 1. The number of carbonyl (C=O) groups is 1. The van der Waals surface area contributed by atoms with Gasteiger partial charge in [-0.05, 0) is 42.7 Å². The maximum absolute atomic E-state index is 13.4. The molecule has 0 spiro atoms. The smallest absolute Gasteiger partial charge is 0.226 e. The van der Waals surface area contributed by atoms with Gasteiger partial charge in [0.25, 0.3) is 0 Å². The monoisotopic (exact) mass is 340 g/mol. The molecular weight excluding hydrogens is 315 g/mol. The second kappa shape index (κ2) is 8.15. The Morgan fingerprint density at radius 3 is 2.80 bits per heavy atom. The van der Waals surface area contributed by atoms with E-state index in [4.69, 9.17) is 0 Å². The molecule has 0 unspecified atom stereocenters. The average Bonchev–Trinajstić information content (AvgIpc) is 3.26. The van der Waals surface area contributed by atoms with E-state index in [9.17, 15) is 9.18 Å². The maximum atomic E-state index is 13.4. The lowest BCUT2D eigenvalue weighted by Crippen LogP contribution is -2.35. The van der Waals surface area contributed by atoms with Crippen LogP contribution in [0.5, 0.6) is 0 Å². The van der Waals surface area contributed by atoms with Crippen LogP contribution in [0.25, 0.3) is 0 Å². The number of hydrogen-bond acceptors (Lipinski definition) is 1. The van der Waals surface area contributed by atoms with Crippen molar-refractivity contribution in [2.24, 2.45) is 5.92 Å². The van der Waals surface area contributed by atoms with E-state index in [0.717, 1.165) is 36.9 Å². The Hall–Kier alpha value is -2.36. The van der Waals surface area contributed by atoms with E-state index in [1.165, 1.54) is 6.07 Å². The van der Waals surface area contributed by atoms with E-state index < -0.39 is 0 Å². The molecule has 1 aliphatic carbocycles. The number of benzene rings is 1. The first-order valence-corrected chi connectivity index (χ1v) is 8.95. The largest absolute Gasteiger partial charge is 0.345 e. The number of amides is 1. The lowest BCUT2D eigenvalue weighted by Gasteiger charge is -2.25. The maximum Gasteiger partial charge on any atom is 0.226 e. The van der Waals surface area contributed by atoms with Crippen molar-refractivity contribution in [1.82, 2.24) is 9.47 Å². The molecule has 1 amide bonds. The third-order valence-corrected chi connectivity index (χ3v) is 4.88. The molecule has 25 heavy (non-hydrogen) atoms. The van der Waals surface area contributed by atoms with Gasteiger partial charge in [-0.15, -0.1) is 6.58 Å². The van der Waals surface area contributed by atoms with Crippen molar-refractivity contribution in [2.75, 3.05) is 6.54 Å². The van der Waals surface area contributed by atoms with Crippen LogP contribution in [0, 0.1) is 11.7 Å². The van der Waals surface area contributed by atoms with Crippen LogP contribution in [-0.4, -0.2) is 21.9 Å². The van der Waals surface area contributed by atoms with Gasteiger partial charge < -0.3 is 9.47 Å². The van der Waals surface area contributed by atoms with E-state index in [-0.39, 0.29) is 17.6 Å². The minimum atomic E-state index is -0.226. The van der Waals surface area contributed by atoms with Crippen LogP contribution in [0.2, 0.25) is 0 Å². The molecule has 1 fully saturated rings. The third-order valence-electron chi connectivity index (χ3n) is 4.88. The first-order chi connectivity index (χ1) is 12.2. The second-order valence-corrected chi connectivity index (χ2v) is 6.75. The van der Waals surface area contributed by atoms with Crippen LogP contribution in [0.3, 0.4) is 0 Å². The molecule has 0 radical (unpaired) electrons. The fourth-order valence-corrected chi connectivity index (χ4v) is 3.59. The van der Waals surface area contributed by atoms with Gasteiger partial charge in [0.15, 0.2) is 0 Å². The lowest BCUT2D eigenvalue weighted by atomic mass is 10.1. The van der Waals surface area contributed by atoms with Crippen molar-refractivity contribution >= 4 is 5.91 Å². The van der Waals surface area contributed by atoms with Gasteiger partial charge in [0.05, 0.1) is 6.54 Å². The highest BCUT2D eigenvalue weighted by Crippen LogP contribution is 2.27. The van der Waals surface area contributed by atoms with E-state index in [2.05, 4.69) is 11.1 Å². The molecule has 3 rings (SSSR count). The molecule has 3 nitrogen and oxygen atoms in total. The molecule has 1 aromatic heterocycles. The SMILES string of the molecule is C=CCN(Cc1cccn1Cc1cccc(F)c1)C(=O)C1CCCC1. The predicted molar refractivity (Wildman–Crippen MR) is 97.5 cm³/mol. The molecule has 0 N–H and O–H groups in total. The molecule has 0 saturated heterocycles. The summed E-state index contributed by atoms with van der Waals surface area (Å²) in [6.45, 7) is 5.51. The Morgan fingerprint density at radius 2 is 2.08 bits per heavy atom. The summed E-state index contributed by atoms with van der Waals surface area (Å²) in [5.74, 6) is 0.165. The summed E-state index contributed by atoms with van der Waals surface area (Å²) in [7, 11) is 0. The van der Waals surface area contributed by atoms with Crippen molar-refractivity contribution < 1.29 is 9.18 Å². The fraction of sp³-hybridized carbons (Fsp3) is 0.381. The summed E-state index contributed by atoms with van der Waals surface area (Å²) in [5.41, 5.74) is 1.97. The number of aromatic nitrogens is 1. The van der Waals surface area contributed by atoms with Crippen LogP contribution in [-0.2, 0) is 17.9 Å². The first-order valence-electron chi connectivity index (χ1n) is 8.95. The van der Waals surface area contributed by atoms with Crippen molar-refractivity contribution in [2.45, 2.75) is 38.8 Å². The molecule has 0 bridgehead atoms. The van der Waals surface area contributed by atoms with E-state index in [0.29, 0.717) is 19.6 Å². The number of rotatable bonds is 7. The Labute approximate surface area is 148 Å². The fourth-order valence-electron chi connectivity index (χ4n) is 3.59. The summed E-state index contributed by atoms with van der Waals surface area (Å²) >= 11 is 0. The van der Waals surface area contributed by atoms with Crippen LogP contribution in [0.4, 0.5) is 4.39 Å². The molecular formula is C21H25FN2O. The summed E-state index contributed by atoms with van der Waals surface area (Å²) in [5, 5.41) is 0. The molecule has 0 aliphatic heterocycles. The van der Waals surface area contributed by atoms with Crippen LogP contribution < -0.4 is 0 Å². The minimum Gasteiger partial charge on any atom is -0.345 e. The van der Waals surface area contributed by atoms with Gasteiger partial charge in [-0.3, -0.25) is 4.79 Å². The molecule has 1 aromatic carbocycles. The van der Waals surface area contributed by atoms with Crippen molar-refractivity contribution in [3.63, 3.8) is 0 Å². The van der Waals surface area contributed by atoms with Crippen LogP contribution >= 0.6 is 0 Å². The predicted octanol–water partition coefficient (Wildman–Crippen LogP) is 4.38. The summed E-state index contributed by atoms with van der Waals surface area (Å²) < 4.78 is 15.5. The molecule has 1 saturated carbocycles. The van der Waals surface area contributed by atoms with Crippen molar-refractivity contribution in [3.8, 4) is 0 Å². The van der Waals surface area contributed by atoms with Crippen molar-refractivity contribution in [3.05, 3.63) is 72.3 Å². The van der Waals surface area contributed by atoms with E-state index in [1.54, 1.807) is 18.2 Å². The second-order valence-electron chi connectivity index (χ2n) is 6.75. The van der Waals surface area contributed by atoms with Gasteiger partial charge in [0.2, 0.25) is 5.91 Å². The van der Waals surface area contributed by atoms with E-state index >= 15 is 0 Å². The number of nitrogens with zero attached hydrogens (tertiary/aromatic N) is 2. The van der Waals surface area contributed by atoms with Gasteiger partial charge in [-0.1, -0.05) is 31.1 Å². The minimum absolute atomic E-state index is 0.159. The summed E-state index contributed by atoms with van der Waals surface area (Å²) in [6, 6.07) is 10.6. The van der Waals surface area contributed by atoms with Crippen LogP contribution in [0.1, 0.15) is 36.9 Å². The molecule has 1 aliphatic rings. The number of halogens is 1. The van der Waals surface area contributed by atoms with Gasteiger partial charge in [-0.25, -0.2) is 4.39 Å². The zero-order valence-electron chi connectivity index (χ0n) is 14.5. The summed E-state index contributed by atoms with van der Waals surface area (Å²) in [4.78, 5) is 14.7. The van der Waals surface area contributed by atoms with Gasteiger partial charge in [-0.2, -0.15) is 0 Å². The highest BCUT2D eigenvalue weighted by atomic mass is 19.1. The molecule has 132 valence electrons. The Balaban J connectivity index is 1.73. The highest BCUT2D eigenvalue weighted by Gasteiger charge is 2.27. The van der Waals surface area contributed by atoms with Gasteiger partial charge in [0.1, 0.15) is 5.82 Å². The topological polar surface area (TPSA) is 25.2 Å². The zero-order chi connectivity index (χ0) is 17.6. The standard InChI is InChI=1S/C21H25FN2O/c1-2-12-24(21(25)18-8-3-4-9-18)16-20-11-6-13-23(20)15-17-7-5-10-19(22)14-17/h2,5-7,10-11,13-14,18H,1,3-4,8-9,12,15-16H2. The average molecular weight is 340 g/mol. The normalized spacial score (nSPS) is 14.6. The Morgan fingerprint density at radius 1 is 1.28 bits per heavy atom. The van der Waals surface area contributed by atoms with Crippen LogP contribution in [0.15, 0.2) is 55.3 Å². The number of hydrogen-bond donors (Lipinski definition) is 0. The lowest BCUT2D eigenvalue weighted by molar-refractivity contribution is -0.135. The molecule has 0 atom stereocenters. The molecule has 4 heteroatoms. The molecule has 1 heterocycles. The highest BCUT2D eigenvalue weighted by molar-refractivity contribution is 5.79. The first kappa shape index (κ1) is 17.5.